The summed E-state index contributed by atoms with van der Waals surface area (Å²) in [5, 5.41) is 1.84. The van der Waals surface area contributed by atoms with Crippen molar-refractivity contribution in [1.82, 2.24) is 0 Å². The number of rotatable bonds is 3. The number of hydrogen-bond acceptors (Lipinski definition) is 0. The second-order valence-electron chi connectivity index (χ2n) is 1.87. The Balaban J connectivity index is 4.29. The zero-order valence-electron chi connectivity index (χ0n) is 5.50. The fourth-order valence-corrected chi connectivity index (χ4v) is 3.58. The number of alkyl halides is 4. The Bertz CT molecular complexity index is 128. The maximum Gasteiger partial charge on any atom is 0.0917 e. The van der Waals surface area contributed by atoms with E-state index in [4.69, 9.17) is 0 Å². The molecule has 0 bridgehead atoms. The Morgan fingerprint density at radius 1 is 1.20 bits per heavy atom. The summed E-state index contributed by atoms with van der Waals surface area (Å²) in [5.41, 5.74) is 2.70. The molecule has 0 aromatic heterocycles. The molecule has 0 fully saturated rings. The minimum atomic E-state index is 0.289. The smallest absolute Gasteiger partial charge is 0.0880 e. The molecule has 0 N–H and O–H groups in total. The number of allylic oxidation sites excluding steroid dienone is 2. The Labute approximate surface area is 95.3 Å². The Hall–Kier alpha value is 1.66. The Morgan fingerprint density at radius 3 is 1.80 bits per heavy atom. The summed E-state index contributed by atoms with van der Waals surface area (Å²) in [6, 6.07) is 0. The van der Waals surface area contributed by atoms with Gasteiger partial charge in [-0.15, -0.1) is 0 Å². The summed E-state index contributed by atoms with van der Waals surface area (Å²) < 4.78 is 0.289. The van der Waals surface area contributed by atoms with Crippen LogP contribution < -0.4 is 0 Å². The second-order valence-corrected chi connectivity index (χ2v) is 6.06. The Kier molecular flexibility index (Phi) is 7.24. The van der Waals surface area contributed by atoms with E-state index in [2.05, 4.69) is 70.6 Å². The van der Waals surface area contributed by atoms with E-state index in [1.54, 1.807) is 0 Å². The van der Waals surface area contributed by atoms with Crippen molar-refractivity contribution in [2.75, 3.05) is 10.7 Å². The average Bonchev–Trinajstić information content (AvgIpc) is 1.88. The van der Waals surface area contributed by atoms with Crippen LogP contribution in [0.2, 0.25) is 0 Å². The average molecular weight is 400 g/mol. The second kappa shape index (κ2) is 6.21. The van der Waals surface area contributed by atoms with Crippen molar-refractivity contribution in [2.24, 2.45) is 0 Å². The lowest BCUT2D eigenvalue weighted by molar-refractivity contribution is 1.26. The van der Waals surface area contributed by atoms with E-state index in [9.17, 15) is 0 Å². The minimum Gasteiger partial charge on any atom is -0.0880 e. The van der Waals surface area contributed by atoms with E-state index in [1.165, 1.54) is 11.1 Å². The lowest BCUT2D eigenvalue weighted by Crippen LogP contribution is -1.99. The van der Waals surface area contributed by atoms with Crippen LogP contribution >= 0.6 is 63.7 Å². The monoisotopic (exact) mass is 396 g/mol. The zero-order chi connectivity index (χ0) is 8.15. The van der Waals surface area contributed by atoms with Crippen LogP contribution in [0.3, 0.4) is 0 Å². The SMILES string of the molecule is C/C(CBr)=C(\CBr)C(Br)Br. The molecule has 0 radical (unpaired) electrons. The highest BCUT2D eigenvalue weighted by Crippen LogP contribution is 2.24. The van der Waals surface area contributed by atoms with Gasteiger partial charge in [0.2, 0.25) is 0 Å². The van der Waals surface area contributed by atoms with Gasteiger partial charge in [0.15, 0.2) is 0 Å². The first kappa shape index (κ1) is 11.7. The van der Waals surface area contributed by atoms with Crippen LogP contribution in [0.15, 0.2) is 11.1 Å². The maximum absolute atomic E-state index is 3.45. The topological polar surface area (TPSA) is 0 Å². The van der Waals surface area contributed by atoms with Crippen LogP contribution in [-0.2, 0) is 0 Å². The summed E-state index contributed by atoms with van der Waals surface area (Å²) in [7, 11) is 0. The fraction of sp³-hybridized carbons (Fsp3) is 0.667. The molecule has 0 nitrogen and oxygen atoms in total. The van der Waals surface area contributed by atoms with E-state index in [0.717, 1.165) is 10.7 Å². The lowest BCUT2D eigenvalue weighted by Gasteiger charge is -2.07. The third-order valence-electron chi connectivity index (χ3n) is 1.16. The molecule has 60 valence electrons. The summed E-state index contributed by atoms with van der Waals surface area (Å²) >= 11 is 13.7. The number of halogens is 4. The quantitative estimate of drug-likeness (QED) is 0.493. The largest absolute Gasteiger partial charge is 0.0917 e. The molecule has 0 unspecified atom stereocenters. The molecule has 0 amide bonds. The van der Waals surface area contributed by atoms with E-state index < -0.39 is 0 Å². The molecule has 10 heavy (non-hydrogen) atoms. The van der Waals surface area contributed by atoms with Crippen molar-refractivity contribution in [2.45, 2.75) is 10.7 Å². The molecular formula is C6H8Br4. The van der Waals surface area contributed by atoms with Crippen molar-refractivity contribution >= 4 is 63.7 Å². The molecule has 0 heterocycles. The zero-order valence-corrected chi connectivity index (χ0v) is 11.8. The minimum absolute atomic E-state index is 0.289. The van der Waals surface area contributed by atoms with Gasteiger partial charge < -0.3 is 0 Å². The van der Waals surface area contributed by atoms with Gasteiger partial charge in [-0.3, -0.25) is 0 Å². The van der Waals surface area contributed by atoms with Crippen LogP contribution in [0.25, 0.3) is 0 Å². The van der Waals surface area contributed by atoms with Gasteiger partial charge in [-0.1, -0.05) is 69.3 Å². The Morgan fingerprint density at radius 2 is 1.70 bits per heavy atom. The molecule has 0 aliphatic heterocycles. The van der Waals surface area contributed by atoms with Gasteiger partial charge in [-0.2, -0.15) is 0 Å². The molecular weight excluding hydrogens is 392 g/mol. The van der Waals surface area contributed by atoms with E-state index in [-0.39, 0.29) is 3.74 Å². The summed E-state index contributed by atoms with van der Waals surface area (Å²) in [4.78, 5) is 0. The third-order valence-corrected chi connectivity index (χ3v) is 3.71. The number of hydrogen-bond donors (Lipinski definition) is 0. The third kappa shape index (κ3) is 3.88. The lowest BCUT2D eigenvalue weighted by atomic mass is 10.2. The van der Waals surface area contributed by atoms with Crippen molar-refractivity contribution in [3.05, 3.63) is 11.1 Å². The normalized spacial score (nSPS) is 13.8. The predicted molar refractivity (Wildman–Crippen MR) is 61.9 cm³/mol. The van der Waals surface area contributed by atoms with E-state index in [0.29, 0.717) is 0 Å². The van der Waals surface area contributed by atoms with Crippen molar-refractivity contribution in [1.29, 1.82) is 0 Å². The van der Waals surface area contributed by atoms with E-state index in [1.807, 2.05) is 0 Å². The highest BCUT2D eigenvalue weighted by Gasteiger charge is 2.07. The molecule has 0 spiro atoms. The van der Waals surface area contributed by atoms with Crippen LogP contribution in [0, 0.1) is 0 Å². The van der Waals surface area contributed by atoms with Crippen LogP contribution in [0.5, 0.6) is 0 Å². The van der Waals surface area contributed by atoms with E-state index >= 15 is 0 Å². The van der Waals surface area contributed by atoms with Crippen molar-refractivity contribution in [3.8, 4) is 0 Å². The highest BCUT2D eigenvalue weighted by molar-refractivity contribution is 9.24. The molecule has 0 saturated heterocycles. The molecule has 0 aromatic carbocycles. The van der Waals surface area contributed by atoms with Gasteiger partial charge >= 0.3 is 0 Å². The van der Waals surface area contributed by atoms with Gasteiger partial charge in [0.05, 0.1) is 3.74 Å². The van der Waals surface area contributed by atoms with Crippen molar-refractivity contribution < 1.29 is 0 Å². The maximum atomic E-state index is 3.45. The molecule has 0 aliphatic carbocycles. The summed E-state index contributed by atoms with van der Waals surface area (Å²) in [6.07, 6.45) is 0. The first-order valence-electron chi connectivity index (χ1n) is 2.72. The summed E-state index contributed by atoms with van der Waals surface area (Å²) in [6.45, 7) is 2.11. The standard InChI is InChI=1S/C6H8Br4/c1-4(2-7)5(3-8)6(9)10/h6H,2-3H2,1H3/b5-4-. The van der Waals surface area contributed by atoms with Crippen LogP contribution in [0.1, 0.15) is 6.92 Å². The molecule has 0 saturated carbocycles. The van der Waals surface area contributed by atoms with Gasteiger partial charge in [0.25, 0.3) is 0 Å². The van der Waals surface area contributed by atoms with Gasteiger partial charge in [0.1, 0.15) is 0 Å². The molecule has 0 aliphatic rings. The van der Waals surface area contributed by atoms with Crippen LogP contribution in [0.4, 0.5) is 0 Å². The van der Waals surface area contributed by atoms with Gasteiger partial charge in [-0.05, 0) is 12.5 Å². The first-order valence-corrected chi connectivity index (χ1v) is 6.79. The van der Waals surface area contributed by atoms with Gasteiger partial charge in [0, 0.05) is 10.7 Å². The molecule has 4 heteroatoms. The fourth-order valence-electron chi connectivity index (χ4n) is 0.444. The predicted octanol–water partition coefficient (Wildman–Crippen LogP) is 4.21. The highest BCUT2D eigenvalue weighted by atomic mass is 79.9. The molecule has 0 atom stereocenters. The van der Waals surface area contributed by atoms with Crippen molar-refractivity contribution in [3.63, 3.8) is 0 Å². The molecule has 0 rings (SSSR count). The molecule has 0 aromatic rings. The van der Waals surface area contributed by atoms with Crippen LogP contribution in [-0.4, -0.2) is 14.4 Å². The summed E-state index contributed by atoms with van der Waals surface area (Å²) in [5.74, 6) is 0. The van der Waals surface area contributed by atoms with Gasteiger partial charge in [-0.25, -0.2) is 0 Å². The first-order chi connectivity index (χ1) is 4.63.